The van der Waals surface area contributed by atoms with Crippen molar-refractivity contribution in [3.8, 4) is 0 Å². The van der Waals surface area contributed by atoms with E-state index >= 15 is 0 Å². The van der Waals surface area contributed by atoms with Gasteiger partial charge in [-0.2, -0.15) is 0 Å². The number of hydrogen-bond donors (Lipinski definition) is 1. The molecule has 0 amide bonds. The third-order valence-electron chi connectivity index (χ3n) is 2.47. The molecule has 0 aromatic carbocycles. The fraction of sp³-hybridized carbons (Fsp3) is 0.636. The van der Waals surface area contributed by atoms with Gasteiger partial charge in [-0.3, -0.25) is 0 Å². The smallest absolute Gasteiger partial charge is 0.0299 e. The highest BCUT2D eigenvalue weighted by atomic mass is 32.1. The standard InChI is InChI=1S/C11H19NS/c1-3-10(4-2)8-12-9-11-6-5-7-13-11/h5-7,10,12H,3-4,8-9H2,1-2H3. The van der Waals surface area contributed by atoms with Crippen molar-refractivity contribution in [2.24, 2.45) is 5.92 Å². The molecule has 74 valence electrons. The molecule has 0 atom stereocenters. The van der Waals surface area contributed by atoms with Crippen LogP contribution in [-0.2, 0) is 6.54 Å². The maximum atomic E-state index is 3.50. The summed E-state index contributed by atoms with van der Waals surface area (Å²) in [6.07, 6.45) is 2.57. The molecule has 1 N–H and O–H groups in total. The zero-order valence-electron chi connectivity index (χ0n) is 8.55. The summed E-state index contributed by atoms with van der Waals surface area (Å²) >= 11 is 1.83. The largest absolute Gasteiger partial charge is 0.312 e. The Hall–Kier alpha value is -0.340. The molecule has 0 unspecified atom stereocenters. The monoisotopic (exact) mass is 197 g/mol. The first kappa shape index (κ1) is 10.7. The second kappa shape index (κ2) is 6.17. The van der Waals surface area contributed by atoms with E-state index in [1.54, 1.807) is 0 Å². The fourth-order valence-electron chi connectivity index (χ4n) is 1.39. The normalized spacial score (nSPS) is 11.0. The lowest BCUT2D eigenvalue weighted by molar-refractivity contribution is 0.450. The van der Waals surface area contributed by atoms with E-state index in [0.717, 1.165) is 19.0 Å². The summed E-state index contributed by atoms with van der Waals surface area (Å²) < 4.78 is 0. The topological polar surface area (TPSA) is 12.0 Å². The third-order valence-corrected chi connectivity index (χ3v) is 3.34. The van der Waals surface area contributed by atoms with Crippen molar-refractivity contribution in [1.82, 2.24) is 5.32 Å². The van der Waals surface area contributed by atoms with Crippen LogP contribution in [0.3, 0.4) is 0 Å². The van der Waals surface area contributed by atoms with Gasteiger partial charge < -0.3 is 5.32 Å². The quantitative estimate of drug-likeness (QED) is 0.738. The van der Waals surface area contributed by atoms with Gasteiger partial charge in [0.1, 0.15) is 0 Å². The van der Waals surface area contributed by atoms with E-state index in [9.17, 15) is 0 Å². The van der Waals surface area contributed by atoms with Crippen molar-refractivity contribution in [2.45, 2.75) is 33.2 Å². The van der Waals surface area contributed by atoms with E-state index in [2.05, 4.69) is 36.7 Å². The average molecular weight is 197 g/mol. The van der Waals surface area contributed by atoms with Crippen molar-refractivity contribution >= 4 is 11.3 Å². The first-order valence-corrected chi connectivity index (χ1v) is 5.97. The molecule has 0 aliphatic heterocycles. The molecule has 0 bridgehead atoms. The zero-order chi connectivity index (χ0) is 9.52. The summed E-state index contributed by atoms with van der Waals surface area (Å²) in [6, 6.07) is 4.30. The van der Waals surface area contributed by atoms with Crippen LogP contribution in [-0.4, -0.2) is 6.54 Å². The molecule has 1 rings (SSSR count). The van der Waals surface area contributed by atoms with Gasteiger partial charge in [-0.05, 0) is 23.9 Å². The summed E-state index contributed by atoms with van der Waals surface area (Å²) in [5, 5.41) is 5.63. The van der Waals surface area contributed by atoms with E-state index in [1.807, 2.05) is 11.3 Å². The van der Waals surface area contributed by atoms with E-state index < -0.39 is 0 Å². The van der Waals surface area contributed by atoms with Crippen LogP contribution in [0, 0.1) is 5.92 Å². The highest BCUT2D eigenvalue weighted by Gasteiger charge is 2.01. The lowest BCUT2D eigenvalue weighted by Gasteiger charge is -2.12. The van der Waals surface area contributed by atoms with E-state index in [1.165, 1.54) is 17.7 Å². The van der Waals surface area contributed by atoms with Gasteiger partial charge in [0.2, 0.25) is 0 Å². The van der Waals surface area contributed by atoms with Gasteiger partial charge in [0.05, 0.1) is 0 Å². The zero-order valence-corrected chi connectivity index (χ0v) is 9.36. The molecule has 0 radical (unpaired) electrons. The second-order valence-electron chi connectivity index (χ2n) is 3.39. The van der Waals surface area contributed by atoms with Gasteiger partial charge in [-0.1, -0.05) is 32.8 Å². The first-order chi connectivity index (χ1) is 6.36. The number of rotatable bonds is 6. The maximum Gasteiger partial charge on any atom is 0.0299 e. The maximum absolute atomic E-state index is 3.50. The molecule has 0 fully saturated rings. The molecular weight excluding hydrogens is 178 g/mol. The molecule has 1 heterocycles. The Morgan fingerprint density at radius 3 is 2.69 bits per heavy atom. The summed E-state index contributed by atoms with van der Waals surface area (Å²) in [5.74, 6) is 0.847. The Morgan fingerprint density at radius 1 is 1.38 bits per heavy atom. The lowest BCUT2D eigenvalue weighted by atomic mass is 10.0. The average Bonchev–Trinajstić information content (AvgIpc) is 2.65. The minimum atomic E-state index is 0.847. The van der Waals surface area contributed by atoms with Crippen molar-refractivity contribution in [1.29, 1.82) is 0 Å². The van der Waals surface area contributed by atoms with Crippen molar-refractivity contribution in [2.75, 3.05) is 6.54 Å². The van der Waals surface area contributed by atoms with Crippen LogP contribution in [0.4, 0.5) is 0 Å². The molecule has 0 aliphatic rings. The van der Waals surface area contributed by atoms with Gasteiger partial charge in [-0.25, -0.2) is 0 Å². The summed E-state index contributed by atoms with van der Waals surface area (Å²) in [6.45, 7) is 6.72. The van der Waals surface area contributed by atoms with Crippen LogP contribution < -0.4 is 5.32 Å². The van der Waals surface area contributed by atoms with Gasteiger partial charge in [-0.15, -0.1) is 11.3 Å². The summed E-state index contributed by atoms with van der Waals surface area (Å²) in [7, 11) is 0. The number of nitrogens with one attached hydrogen (secondary N) is 1. The predicted octanol–water partition coefficient (Wildman–Crippen LogP) is 3.27. The van der Waals surface area contributed by atoms with E-state index in [4.69, 9.17) is 0 Å². The highest BCUT2D eigenvalue weighted by molar-refractivity contribution is 7.09. The Kier molecular flexibility index (Phi) is 5.09. The molecule has 0 aliphatic carbocycles. The Bertz CT molecular complexity index is 202. The molecule has 1 aromatic rings. The van der Waals surface area contributed by atoms with Crippen LogP contribution in [0.5, 0.6) is 0 Å². The van der Waals surface area contributed by atoms with Crippen molar-refractivity contribution < 1.29 is 0 Å². The molecule has 2 heteroatoms. The third kappa shape index (κ3) is 3.92. The summed E-state index contributed by atoms with van der Waals surface area (Å²) in [4.78, 5) is 1.44. The van der Waals surface area contributed by atoms with Gasteiger partial charge in [0.15, 0.2) is 0 Å². The van der Waals surface area contributed by atoms with Gasteiger partial charge in [0.25, 0.3) is 0 Å². The molecule has 0 spiro atoms. The Labute approximate surface area is 85.2 Å². The first-order valence-electron chi connectivity index (χ1n) is 5.09. The van der Waals surface area contributed by atoms with Crippen molar-refractivity contribution in [3.63, 3.8) is 0 Å². The molecule has 1 nitrogen and oxygen atoms in total. The lowest BCUT2D eigenvalue weighted by Crippen LogP contribution is -2.21. The predicted molar refractivity (Wildman–Crippen MR) is 60.1 cm³/mol. The Morgan fingerprint density at radius 2 is 2.15 bits per heavy atom. The fourth-order valence-corrected chi connectivity index (χ4v) is 2.06. The molecule has 13 heavy (non-hydrogen) atoms. The minimum absolute atomic E-state index is 0.847. The van der Waals surface area contributed by atoms with Crippen LogP contribution >= 0.6 is 11.3 Å². The molecule has 0 saturated heterocycles. The van der Waals surface area contributed by atoms with Gasteiger partial charge >= 0.3 is 0 Å². The highest BCUT2D eigenvalue weighted by Crippen LogP contribution is 2.09. The number of thiophene rings is 1. The van der Waals surface area contributed by atoms with Crippen LogP contribution in [0.25, 0.3) is 0 Å². The molecule has 1 aromatic heterocycles. The van der Waals surface area contributed by atoms with Gasteiger partial charge in [0, 0.05) is 11.4 Å². The second-order valence-corrected chi connectivity index (χ2v) is 4.43. The summed E-state index contributed by atoms with van der Waals surface area (Å²) in [5.41, 5.74) is 0. The number of hydrogen-bond acceptors (Lipinski definition) is 2. The Balaban J connectivity index is 2.13. The van der Waals surface area contributed by atoms with Crippen molar-refractivity contribution in [3.05, 3.63) is 22.4 Å². The van der Waals surface area contributed by atoms with Crippen LogP contribution in [0.1, 0.15) is 31.6 Å². The minimum Gasteiger partial charge on any atom is -0.312 e. The van der Waals surface area contributed by atoms with Crippen LogP contribution in [0.15, 0.2) is 17.5 Å². The van der Waals surface area contributed by atoms with Crippen LogP contribution in [0.2, 0.25) is 0 Å². The van der Waals surface area contributed by atoms with E-state index in [0.29, 0.717) is 0 Å². The molecular formula is C11H19NS. The van der Waals surface area contributed by atoms with E-state index in [-0.39, 0.29) is 0 Å². The molecule has 0 saturated carbocycles. The SMILES string of the molecule is CCC(CC)CNCc1cccs1.